The molecule has 0 atom stereocenters. The summed E-state index contributed by atoms with van der Waals surface area (Å²) in [5.74, 6) is -0.578. The van der Waals surface area contributed by atoms with Crippen LogP contribution in [-0.4, -0.2) is 17.8 Å². The topological polar surface area (TPSA) is 38.4 Å². The van der Waals surface area contributed by atoms with E-state index >= 15 is 0 Å². The molecule has 0 aromatic heterocycles. The van der Waals surface area contributed by atoms with Gasteiger partial charge in [-0.25, -0.2) is 4.99 Å². The first-order chi connectivity index (χ1) is 11.2. The molecule has 0 heterocycles. The van der Waals surface area contributed by atoms with Gasteiger partial charge in [-0.3, -0.25) is 0 Å². The smallest absolute Gasteiger partial charge is 0.383 e. The highest BCUT2D eigenvalue weighted by atomic mass is 32.2. The minimum absolute atomic E-state index is 0.345. The molecule has 24 heavy (non-hydrogen) atoms. The predicted molar refractivity (Wildman–Crippen MR) is 94.3 cm³/mol. The fourth-order valence-corrected chi connectivity index (χ4v) is 3.06. The van der Waals surface area contributed by atoms with E-state index in [9.17, 15) is 13.2 Å². The Morgan fingerprint density at radius 3 is 2.42 bits per heavy atom. The third-order valence-electron chi connectivity index (χ3n) is 3.44. The van der Waals surface area contributed by atoms with E-state index in [1.54, 1.807) is 13.0 Å². The molecule has 0 bridgehead atoms. The fraction of sp³-hybridized carbons (Fsp3) is 0.278. The molecular weight excluding hydrogens is 333 g/mol. The maximum atomic E-state index is 12.5. The molecule has 0 amide bonds. The first-order valence-electron chi connectivity index (χ1n) is 7.38. The summed E-state index contributed by atoms with van der Waals surface area (Å²) in [7, 11) is 0. The van der Waals surface area contributed by atoms with E-state index in [4.69, 9.17) is 5.73 Å². The lowest BCUT2D eigenvalue weighted by Crippen LogP contribution is -2.13. The van der Waals surface area contributed by atoms with E-state index in [1.807, 2.05) is 44.2 Å². The van der Waals surface area contributed by atoms with Crippen molar-refractivity contribution in [1.82, 2.24) is 0 Å². The highest BCUT2D eigenvalue weighted by Gasteiger charge is 2.27. The molecule has 6 heteroatoms. The number of amidine groups is 1. The molecular formula is C18H19F3N2S. The van der Waals surface area contributed by atoms with Gasteiger partial charge in [0.2, 0.25) is 0 Å². The Bertz CT molecular complexity index is 767. The van der Waals surface area contributed by atoms with Crippen LogP contribution in [0, 0.1) is 20.8 Å². The van der Waals surface area contributed by atoms with Gasteiger partial charge >= 0.3 is 6.18 Å². The molecule has 0 radical (unpaired) electrons. The van der Waals surface area contributed by atoms with Crippen molar-refractivity contribution in [3.63, 3.8) is 0 Å². The average Bonchev–Trinajstić information content (AvgIpc) is 2.47. The third kappa shape index (κ3) is 5.03. The molecule has 2 N–H and O–H groups in total. The van der Waals surface area contributed by atoms with Crippen LogP contribution in [0.3, 0.4) is 0 Å². The molecule has 0 aliphatic heterocycles. The quantitative estimate of drug-likeness (QED) is 0.460. The Hall–Kier alpha value is -1.95. The Kier molecular flexibility index (Phi) is 5.59. The van der Waals surface area contributed by atoms with Gasteiger partial charge in [-0.2, -0.15) is 13.2 Å². The second-order valence-electron chi connectivity index (χ2n) is 5.67. The van der Waals surface area contributed by atoms with Crippen LogP contribution in [-0.2, 0) is 0 Å². The molecule has 0 aliphatic rings. The first kappa shape index (κ1) is 18.4. The van der Waals surface area contributed by atoms with Crippen LogP contribution in [0.1, 0.15) is 22.3 Å². The highest BCUT2D eigenvalue weighted by Crippen LogP contribution is 2.33. The summed E-state index contributed by atoms with van der Waals surface area (Å²) in [6, 6.07) is 11.1. The van der Waals surface area contributed by atoms with Gasteiger partial charge in [-0.1, -0.05) is 29.8 Å². The Morgan fingerprint density at radius 2 is 1.79 bits per heavy atom. The number of halogens is 3. The number of benzene rings is 2. The normalized spacial score (nSPS) is 12.5. The van der Waals surface area contributed by atoms with Crippen molar-refractivity contribution in [1.29, 1.82) is 0 Å². The average molecular weight is 352 g/mol. The summed E-state index contributed by atoms with van der Waals surface area (Å²) >= 11 is 0.767. The van der Waals surface area contributed by atoms with E-state index < -0.39 is 11.9 Å². The van der Waals surface area contributed by atoms with Crippen LogP contribution in [0.5, 0.6) is 0 Å². The zero-order chi connectivity index (χ0) is 17.9. The lowest BCUT2D eigenvalue weighted by atomic mass is 10.1. The van der Waals surface area contributed by atoms with Crippen LogP contribution >= 0.6 is 11.8 Å². The summed E-state index contributed by atoms with van der Waals surface area (Å²) in [4.78, 5) is 4.98. The molecule has 0 saturated carbocycles. The summed E-state index contributed by atoms with van der Waals surface area (Å²) in [6.45, 7) is 5.62. The van der Waals surface area contributed by atoms with E-state index in [0.717, 1.165) is 34.0 Å². The molecule has 0 fully saturated rings. The number of alkyl halides is 3. The molecule has 2 rings (SSSR count). The van der Waals surface area contributed by atoms with Crippen LogP contribution in [0.25, 0.3) is 0 Å². The van der Waals surface area contributed by atoms with Gasteiger partial charge in [0.05, 0.1) is 11.4 Å². The van der Waals surface area contributed by atoms with Crippen molar-refractivity contribution in [2.75, 3.05) is 5.75 Å². The minimum Gasteiger partial charge on any atom is -0.383 e. The zero-order valence-corrected chi connectivity index (χ0v) is 14.6. The van der Waals surface area contributed by atoms with Crippen molar-refractivity contribution in [2.45, 2.75) is 31.8 Å². The summed E-state index contributed by atoms with van der Waals surface area (Å²) in [5, 5.41) is 0. The van der Waals surface area contributed by atoms with Crippen LogP contribution in [0.4, 0.5) is 18.9 Å². The summed E-state index contributed by atoms with van der Waals surface area (Å²) in [5.41, 5.74) is 10.2. The van der Waals surface area contributed by atoms with E-state index in [1.165, 1.54) is 0 Å². The van der Waals surface area contributed by atoms with Crippen molar-refractivity contribution in [2.24, 2.45) is 10.7 Å². The standard InChI is InChI=1S/C18H19F3N2S/c1-11-5-4-6-14(7-11)17(22)23-15-9-16(13(3)8-12(15)2)24-10-18(19,20)21/h4-9H,10H2,1-3H3,(H2,22,23). The molecule has 0 unspecified atom stereocenters. The van der Waals surface area contributed by atoms with Gasteiger partial charge < -0.3 is 5.73 Å². The monoisotopic (exact) mass is 352 g/mol. The number of nitrogens with two attached hydrogens (primary N) is 1. The number of thioether (sulfide) groups is 1. The van der Waals surface area contributed by atoms with Crippen LogP contribution < -0.4 is 5.73 Å². The van der Waals surface area contributed by atoms with Gasteiger partial charge in [-0.05, 0) is 44.0 Å². The fourth-order valence-electron chi connectivity index (χ4n) is 2.26. The lowest BCUT2D eigenvalue weighted by Gasteiger charge is -2.11. The number of hydrogen-bond donors (Lipinski definition) is 1. The molecule has 2 aromatic rings. The maximum absolute atomic E-state index is 12.5. The Morgan fingerprint density at radius 1 is 1.08 bits per heavy atom. The van der Waals surface area contributed by atoms with Crippen molar-refractivity contribution in [3.05, 3.63) is 58.7 Å². The number of hydrogen-bond acceptors (Lipinski definition) is 2. The maximum Gasteiger partial charge on any atom is 0.398 e. The molecule has 0 saturated heterocycles. The van der Waals surface area contributed by atoms with Crippen LogP contribution in [0.2, 0.25) is 0 Å². The lowest BCUT2D eigenvalue weighted by molar-refractivity contribution is -0.105. The van der Waals surface area contributed by atoms with Crippen LogP contribution in [0.15, 0.2) is 46.3 Å². The summed E-state index contributed by atoms with van der Waals surface area (Å²) in [6.07, 6.45) is -4.20. The molecule has 128 valence electrons. The second-order valence-corrected chi connectivity index (χ2v) is 6.69. The second kappa shape index (κ2) is 7.30. The largest absolute Gasteiger partial charge is 0.398 e. The number of aryl methyl sites for hydroxylation is 3. The highest BCUT2D eigenvalue weighted by molar-refractivity contribution is 7.99. The van der Waals surface area contributed by atoms with Gasteiger partial charge in [-0.15, -0.1) is 11.8 Å². The van der Waals surface area contributed by atoms with Gasteiger partial charge in [0, 0.05) is 10.5 Å². The van der Waals surface area contributed by atoms with E-state index in [2.05, 4.69) is 4.99 Å². The first-order valence-corrected chi connectivity index (χ1v) is 8.36. The number of rotatable bonds is 4. The van der Waals surface area contributed by atoms with E-state index in [-0.39, 0.29) is 0 Å². The van der Waals surface area contributed by atoms with Gasteiger partial charge in [0.15, 0.2) is 0 Å². The Balaban J connectivity index is 2.34. The SMILES string of the molecule is Cc1cccc(C(N)=Nc2cc(SCC(F)(F)F)c(C)cc2C)c1. The molecule has 0 spiro atoms. The van der Waals surface area contributed by atoms with Gasteiger partial charge in [0.25, 0.3) is 0 Å². The number of nitrogens with zero attached hydrogens (tertiary/aromatic N) is 1. The third-order valence-corrected chi connectivity index (χ3v) is 4.66. The van der Waals surface area contributed by atoms with Crippen molar-refractivity contribution >= 4 is 23.3 Å². The Labute approximate surface area is 144 Å². The van der Waals surface area contributed by atoms with Crippen molar-refractivity contribution < 1.29 is 13.2 Å². The van der Waals surface area contributed by atoms with Gasteiger partial charge in [0.1, 0.15) is 5.84 Å². The van der Waals surface area contributed by atoms with Crippen molar-refractivity contribution in [3.8, 4) is 0 Å². The molecule has 0 aliphatic carbocycles. The minimum atomic E-state index is -4.20. The van der Waals surface area contributed by atoms with E-state index in [0.29, 0.717) is 16.4 Å². The summed E-state index contributed by atoms with van der Waals surface area (Å²) < 4.78 is 37.4. The molecule has 2 aromatic carbocycles. The molecule has 2 nitrogen and oxygen atoms in total. The predicted octanol–water partition coefficient (Wildman–Crippen LogP) is 5.30. The number of aliphatic imine (C=N–C) groups is 1. The zero-order valence-electron chi connectivity index (χ0n) is 13.7.